The largest absolute Gasteiger partial charge is 0.336 e. The van der Waals surface area contributed by atoms with Crippen molar-refractivity contribution in [3.8, 4) is 6.07 Å². The third kappa shape index (κ3) is 3.37. The molecule has 0 bridgehead atoms. The van der Waals surface area contributed by atoms with Crippen molar-refractivity contribution in [3.63, 3.8) is 0 Å². The number of imide groups is 1. The molecule has 1 aliphatic carbocycles. The van der Waals surface area contributed by atoms with Crippen LogP contribution in [0, 0.1) is 11.3 Å². The Bertz CT molecular complexity index is 555. The van der Waals surface area contributed by atoms with Gasteiger partial charge in [-0.25, -0.2) is 4.79 Å². The molecule has 1 aliphatic heterocycles. The Morgan fingerprint density at radius 1 is 1.25 bits per heavy atom. The van der Waals surface area contributed by atoms with Crippen molar-refractivity contribution in [2.45, 2.75) is 76.3 Å². The lowest BCUT2D eigenvalue weighted by molar-refractivity contribution is -0.135. The van der Waals surface area contributed by atoms with Crippen LogP contribution in [0.3, 0.4) is 0 Å². The molecule has 2 rings (SSSR count). The van der Waals surface area contributed by atoms with Crippen LogP contribution in [0.1, 0.15) is 65.2 Å². The summed E-state index contributed by atoms with van der Waals surface area (Å²) in [6.45, 7) is 3.59. The lowest BCUT2D eigenvalue weighted by Crippen LogP contribution is -2.51. The van der Waals surface area contributed by atoms with Gasteiger partial charge in [-0.3, -0.25) is 14.5 Å². The molecule has 7 heteroatoms. The Balaban J connectivity index is 2.06. The van der Waals surface area contributed by atoms with Crippen molar-refractivity contribution in [2.75, 3.05) is 6.54 Å². The number of carbonyl (C=O) groups is 3. The van der Waals surface area contributed by atoms with Gasteiger partial charge in [-0.2, -0.15) is 5.26 Å². The number of urea groups is 1. The van der Waals surface area contributed by atoms with Crippen LogP contribution >= 0.6 is 0 Å². The number of hydrogen-bond donors (Lipinski definition) is 2. The molecule has 0 aromatic heterocycles. The normalized spacial score (nSPS) is 21.5. The second-order valence-electron chi connectivity index (χ2n) is 6.85. The number of nitrogens with zero attached hydrogens (tertiary/aromatic N) is 2. The lowest BCUT2D eigenvalue weighted by Gasteiger charge is -2.26. The van der Waals surface area contributed by atoms with E-state index in [4.69, 9.17) is 0 Å². The highest BCUT2D eigenvalue weighted by atomic mass is 16.2. The fourth-order valence-electron chi connectivity index (χ4n) is 3.83. The summed E-state index contributed by atoms with van der Waals surface area (Å²) >= 11 is 0. The number of nitriles is 1. The van der Waals surface area contributed by atoms with Crippen LogP contribution < -0.4 is 10.6 Å². The summed E-state index contributed by atoms with van der Waals surface area (Å²) in [5.74, 6) is -0.783. The molecule has 0 spiro atoms. The first-order valence-electron chi connectivity index (χ1n) is 8.78. The molecule has 24 heavy (non-hydrogen) atoms. The van der Waals surface area contributed by atoms with Gasteiger partial charge in [0, 0.05) is 0 Å². The average Bonchev–Trinajstić information content (AvgIpc) is 3.08. The number of nitrogens with one attached hydrogen (secondary N) is 2. The van der Waals surface area contributed by atoms with Gasteiger partial charge >= 0.3 is 6.03 Å². The van der Waals surface area contributed by atoms with Gasteiger partial charge in [0.15, 0.2) is 0 Å². The maximum Gasteiger partial charge on any atom is 0.325 e. The zero-order valence-electron chi connectivity index (χ0n) is 14.5. The Hall–Kier alpha value is -2.10. The van der Waals surface area contributed by atoms with E-state index in [2.05, 4.69) is 16.7 Å². The lowest BCUT2D eigenvalue weighted by atomic mass is 9.88. The van der Waals surface area contributed by atoms with Crippen molar-refractivity contribution >= 4 is 17.8 Å². The van der Waals surface area contributed by atoms with E-state index in [1.54, 1.807) is 0 Å². The molecule has 7 nitrogen and oxygen atoms in total. The topological polar surface area (TPSA) is 102 Å². The van der Waals surface area contributed by atoms with Crippen LogP contribution in [0.25, 0.3) is 0 Å². The third-order valence-electron chi connectivity index (χ3n) is 4.95. The van der Waals surface area contributed by atoms with Gasteiger partial charge < -0.3 is 10.6 Å². The van der Waals surface area contributed by atoms with Crippen LogP contribution in [0.4, 0.5) is 4.79 Å². The summed E-state index contributed by atoms with van der Waals surface area (Å²) < 4.78 is 0. The molecule has 4 amide bonds. The SMILES string of the molecule is CCCC1(CCC)NC(=O)N(CC(=O)NC2(C#N)CCCC2)C1=O. The van der Waals surface area contributed by atoms with Gasteiger partial charge in [-0.05, 0) is 38.5 Å². The Morgan fingerprint density at radius 2 is 1.83 bits per heavy atom. The predicted octanol–water partition coefficient (Wildman–Crippen LogP) is 1.83. The summed E-state index contributed by atoms with van der Waals surface area (Å²) in [5.41, 5.74) is -1.73. The fourth-order valence-corrected chi connectivity index (χ4v) is 3.83. The van der Waals surface area contributed by atoms with Gasteiger partial charge in [-0.1, -0.05) is 26.7 Å². The van der Waals surface area contributed by atoms with Crippen molar-refractivity contribution < 1.29 is 14.4 Å². The van der Waals surface area contributed by atoms with Gasteiger partial charge in [0.2, 0.25) is 5.91 Å². The Morgan fingerprint density at radius 3 is 2.33 bits per heavy atom. The van der Waals surface area contributed by atoms with Crippen molar-refractivity contribution in [3.05, 3.63) is 0 Å². The molecule has 2 aliphatic rings. The molecule has 0 radical (unpaired) electrons. The quantitative estimate of drug-likeness (QED) is 0.693. The second-order valence-corrected chi connectivity index (χ2v) is 6.85. The molecular weight excluding hydrogens is 308 g/mol. The highest BCUT2D eigenvalue weighted by Gasteiger charge is 2.50. The summed E-state index contributed by atoms with van der Waals surface area (Å²) in [5, 5.41) is 14.8. The van der Waals surface area contributed by atoms with Crippen molar-refractivity contribution in [1.82, 2.24) is 15.5 Å². The highest BCUT2D eigenvalue weighted by Crippen LogP contribution is 2.30. The number of rotatable bonds is 7. The van der Waals surface area contributed by atoms with Crippen molar-refractivity contribution in [2.24, 2.45) is 0 Å². The van der Waals surface area contributed by atoms with Gasteiger partial charge in [0.1, 0.15) is 17.6 Å². The van der Waals surface area contributed by atoms with Crippen LogP contribution in [-0.2, 0) is 9.59 Å². The predicted molar refractivity (Wildman–Crippen MR) is 87.7 cm³/mol. The zero-order valence-corrected chi connectivity index (χ0v) is 14.5. The minimum Gasteiger partial charge on any atom is -0.336 e. The summed E-state index contributed by atoms with van der Waals surface area (Å²) in [7, 11) is 0. The molecule has 2 fully saturated rings. The molecule has 1 heterocycles. The Labute approximate surface area is 142 Å². The Kier molecular flexibility index (Phi) is 5.47. The maximum atomic E-state index is 12.7. The van der Waals surface area contributed by atoms with Crippen LogP contribution in [0.5, 0.6) is 0 Å². The molecular formula is C17H26N4O3. The first-order valence-corrected chi connectivity index (χ1v) is 8.78. The molecule has 0 aromatic rings. The van der Waals surface area contributed by atoms with E-state index in [0.29, 0.717) is 25.7 Å². The minimum atomic E-state index is -0.888. The van der Waals surface area contributed by atoms with E-state index in [-0.39, 0.29) is 12.5 Å². The molecule has 132 valence electrons. The highest BCUT2D eigenvalue weighted by molar-refractivity contribution is 6.09. The summed E-state index contributed by atoms with van der Waals surface area (Å²) in [4.78, 5) is 38.2. The fraction of sp³-hybridized carbons (Fsp3) is 0.765. The maximum absolute atomic E-state index is 12.7. The minimum absolute atomic E-state index is 0.330. The van der Waals surface area contributed by atoms with Gasteiger partial charge in [-0.15, -0.1) is 0 Å². The molecule has 1 saturated carbocycles. The molecule has 0 unspecified atom stereocenters. The van der Waals surface area contributed by atoms with Crippen LogP contribution in [0.2, 0.25) is 0 Å². The molecule has 0 atom stereocenters. The zero-order chi connectivity index (χ0) is 17.8. The first-order chi connectivity index (χ1) is 11.4. The molecule has 2 N–H and O–H groups in total. The monoisotopic (exact) mass is 334 g/mol. The van der Waals surface area contributed by atoms with E-state index >= 15 is 0 Å². The summed E-state index contributed by atoms with van der Waals surface area (Å²) in [6.07, 6.45) is 5.68. The van der Waals surface area contributed by atoms with E-state index < -0.39 is 23.0 Å². The van der Waals surface area contributed by atoms with E-state index in [9.17, 15) is 19.6 Å². The number of amides is 4. The smallest absolute Gasteiger partial charge is 0.325 e. The average molecular weight is 334 g/mol. The van der Waals surface area contributed by atoms with Crippen molar-refractivity contribution in [1.29, 1.82) is 5.26 Å². The van der Waals surface area contributed by atoms with E-state index in [0.717, 1.165) is 30.6 Å². The second kappa shape index (κ2) is 7.20. The van der Waals surface area contributed by atoms with E-state index in [1.165, 1.54) is 0 Å². The van der Waals surface area contributed by atoms with Crippen LogP contribution in [-0.4, -0.2) is 40.4 Å². The number of carbonyl (C=O) groups excluding carboxylic acids is 3. The van der Waals surface area contributed by atoms with Gasteiger partial charge in [0.25, 0.3) is 5.91 Å². The summed E-state index contributed by atoms with van der Waals surface area (Å²) in [6, 6.07) is 1.66. The van der Waals surface area contributed by atoms with Gasteiger partial charge in [0.05, 0.1) is 6.07 Å². The standard InChI is InChI=1S/C17H26N4O3/c1-3-7-17(8-4-2)14(23)21(15(24)20-17)11-13(22)19-16(12-18)9-5-6-10-16/h3-11H2,1-2H3,(H,19,22)(H,20,24). The van der Waals surface area contributed by atoms with E-state index in [1.807, 2.05) is 13.8 Å². The molecule has 1 saturated heterocycles. The number of hydrogen-bond acceptors (Lipinski definition) is 4. The molecule has 0 aromatic carbocycles. The first kappa shape index (κ1) is 18.2. The third-order valence-corrected chi connectivity index (χ3v) is 4.95. The van der Waals surface area contributed by atoms with Crippen LogP contribution in [0.15, 0.2) is 0 Å².